The van der Waals surface area contributed by atoms with E-state index in [9.17, 15) is 14.9 Å². The van der Waals surface area contributed by atoms with Crippen LogP contribution in [0.15, 0.2) is 12.1 Å². The first-order chi connectivity index (χ1) is 9.32. The second kappa shape index (κ2) is 5.11. The van der Waals surface area contributed by atoms with Gasteiger partial charge in [0.05, 0.1) is 16.1 Å². The summed E-state index contributed by atoms with van der Waals surface area (Å²) in [4.78, 5) is 23.6. The summed E-state index contributed by atoms with van der Waals surface area (Å²) in [6.45, 7) is 3.73. The first-order valence-electron chi connectivity index (χ1n) is 6.58. The lowest BCUT2D eigenvalue weighted by Gasteiger charge is -2.28. The Kier molecular flexibility index (Phi) is 3.65. The van der Waals surface area contributed by atoms with E-state index in [-0.39, 0.29) is 17.3 Å². The van der Waals surface area contributed by atoms with Crippen LogP contribution in [-0.4, -0.2) is 29.1 Å². The monoisotopic (exact) mass is 278 g/mol. The first-order valence-corrected chi connectivity index (χ1v) is 6.58. The van der Waals surface area contributed by atoms with Crippen molar-refractivity contribution in [1.82, 2.24) is 0 Å². The largest absolute Gasteiger partial charge is 0.478 e. The molecule has 0 amide bonds. The summed E-state index contributed by atoms with van der Waals surface area (Å²) in [5, 5.41) is 20.2. The Morgan fingerprint density at radius 1 is 1.50 bits per heavy atom. The van der Waals surface area contributed by atoms with E-state index >= 15 is 0 Å². The molecule has 0 bridgehead atoms. The fourth-order valence-corrected chi connectivity index (χ4v) is 2.48. The van der Waals surface area contributed by atoms with E-state index in [4.69, 9.17) is 5.11 Å². The van der Waals surface area contributed by atoms with Crippen LogP contribution < -0.4 is 4.90 Å². The second-order valence-corrected chi connectivity index (χ2v) is 5.39. The molecule has 1 atom stereocenters. The third-order valence-electron chi connectivity index (χ3n) is 4.09. The summed E-state index contributed by atoms with van der Waals surface area (Å²) in [7, 11) is 1.86. The Labute approximate surface area is 117 Å². The molecule has 6 nitrogen and oxygen atoms in total. The maximum atomic E-state index is 11.1. The quantitative estimate of drug-likeness (QED) is 0.661. The number of rotatable bonds is 5. The molecule has 20 heavy (non-hydrogen) atoms. The Balaban J connectivity index is 2.49. The van der Waals surface area contributed by atoms with Crippen LogP contribution in [-0.2, 0) is 0 Å². The average Bonchev–Trinajstić information content (AvgIpc) is 3.20. The number of nitro benzene ring substituents is 1. The molecule has 1 aromatic rings. The number of aromatic carboxylic acids is 1. The lowest BCUT2D eigenvalue weighted by Crippen LogP contribution is -2.31. The van der Waals surface area contributed by atoms with Crippen molar-refractivity contribution in [3.63, 3.8) is 0 Å². The third kappa shape index (κ3) is 2.59. The minimum absolute atomic E-state index is 0.0489. The van der Waals surface area contributed by atoms with E-state index in [0.29, 0.717) is 17.2 Å². The topological polar surface area (TPSA) is 83.7 Å². The molecular weight excluding hydrogens is 260 g/mol. The van der Waals surface area contributed by atoms with Gasteiger partial charge in [0.1, 0.15) is 0 Å². The molecule has 1 aliphatic carbocycles. The van der Waals surface area contributed by atoms with Gasteiger partial charge in [-0.3, -0.25) is 10.1 Å². The number of nitrogens with zero attached hydrogens (tertiary/aromatic N) is 2. The molecule has 1 unspecified atom stereocenters. The van der Waals surface area contributed by atoms with E-state index in [1.54, 1.807) is 6.92 Å². The summed E-state index contributed by atoms with van der Waals surface area (Å²) in [5.74, 6) is -0.561. The standard InChI is InChI=1S/C14H18N2O4/c1-8-12(15(3)9(2)10-4-5-10)6-11(14(17)18)7-13(8)16(19)20/h6-7,9-10H,4-5H2,1-3H3,(H,17,18). The first kappa shape index (κ1) is 14.3. The van der Waals surface area contributed by atoms with Gasteiger partial charge < -0.3 is 10.0 Å². The molecular formula is C14H18N2O4. The van der Waals surface area contributed by atoms with Gasteiger partial charge in [-0.2, -0.15) is 0 Å². The van der Waals surface area contributed by atoms with Crippen molar-refractivity contribution in [3.05, 3.63) is 33.4 Å². The van der Waals surface area contributed by atoms with Gasteiger partial charge in [0.25, 0.3) is 5.69 Å². The Morgan fingerprint density at radius 3 is 2.55 bits per heavy atom. The van der Waals surface area contributed by atoms with E-state index < -0.39 is 10.9 Å². The van der Waals surface area contributed by atoms with Gasteiger partial charge in [-0.1, -0.05) is 0 Å². The molecule has 1 fully saturated rings. The van der Waals surface area contributed by atoms with Gasteiger partial charge >= 0.3 is 5.97 Å². The number of benzene rings is 1. The van der Waals surface area contributed by atoms with Gasteiger partial charge in [0, 0.05) is 24.8 Å². The van der Waals surface area contributed by atoms with Crippen LogP contribution in [0.3, 0.4) is 0 Å². The molecule has 6 heteroatoms. The smallest absolute Gasteiger partial charge is 0.336 e. The highest BCUT2D eigenvalue weighted by atomic mass is 16.6. The van der Waals surface area contributed by atoms with Crippen molar-refractivity contribution in [2.75, 3.05) is 11.9 Å². The van der Waals surface area contributed by atoms with Crippen LogP contribution >= 0.6 is 0 Å². The predicted molar refractivity (Wildman–Crippen MR) is 75.4 cm³/mol. The lowest BCUT2D eigenvalue weighted by atomic mass is 10.0. The van der Waals surface area contributed by atoms with E-state index in [0.717, 1.165) is 18.9 Å². The third-order valence-corrected chi connectivity index (χ3v) is 4.09. The maximum Gasteiger partial charge on any atom is 0.336 e. The summed E-state index contributed by atoms with van der Waals surface area (Å²) in [6.07, 6.45) is 2.32. The second-order valence-electron chi connectivity index (χ2n) is 5.39. The average molecular weight is 278 g/mol. The Morgan fingerprint density at radius 2 is 2.10 bits per heavy atom. The maximum absolute atomic E-state index is 11.1. The van der Waals surface area contributed by atoms with Gasteiger partial charge in [-0.05, 0) is 38.7 Å². The molecule has 1 aliphatic rings. The molecule has 2 rings (SSSR count). The molecule has 1 N–H and O–H groups in total. The van der Waals surface area contributed by atoms with Gasteiger partial charge in [0.15, 0.2) is 0 Å². The molecule has 0 aliphatic heterocycles. The zero-order valence-electron chi connectivity index (χ0n) is 11.8. The van der Waals surface area contributed by atoms with Gasteiger partial charge in [0.2, 0.25) is 0 Å². The van der Waals surface area contributed by atoms with Crippen LogP contribution in [0.2, 0.25) is 0 Å². The fraction of sp³-hybridized carbons (Fsp3) is 0.500. The van der Waals surface area contributed by atoms with Crippen molar-refractivity contribution in [2.45, 2.75) is 32.7 Å². The molecule has 0 radical (unpaired) electrons. The summed E-state index contributed by atoms with van der Waals surface area (Å²) < 4.78 is 0. The highest BCUT2D eigenvalue weighted by Gasteiger charge is 2.32. The molecule has 1 saturated carbocycles. The van der Waals surface area contributed by atoms with Crippen LogP contribution in [0.25, 0.3) is 0 Å². The number of carboxylic acid groups (broad SMARTS) is 1. The number of carbonyl (C=O) groups is 1. The van der Waals surface area contributed by atoms with Crippen LogP contribution in [0.4, 0.5) is 11.4 Å². The number of anilines is 1. The number of hydrogen-bond donors (Lipinski definition) is 1. The van der Waals surface area contributed by atoms with Gasteiger partial charge in [-0.15, -0.1) is 0 Å². The zero-order chi connectivity index (χ0) is 15.0. The highest BCUT2D eigenvalue weighted by Crippen LogP contribution is 2.38. The zero-order valence-corrected chi connectivity index (χ0v) is 11.8. The number of nitro groups is 1. The number of carboxylic acids is 1. The Hall–Kier alpha value is -2.11. The molecule has 108 valence electrons. The van der Waals surface area contributed by atoms with Crippen LogP contribution in [0.1, 0.15) is 35.7 Å². The van der Waals surface area contributed by atoms with Crippen molar-refractivity contribution in [3.8, 4) is 0 Å². The normalized spacial score (nSPS) is 15.8. The molecule has 0 spiro atoms. The Bertz CT molecular complexity index is 567. The molecule has 0 heterocycles. The van der Waals surface area contributed by atoms with E-state index in [1.165, 1.54) is 6.07 Å². The van der Waals surface area contributed by atoms with Crippen LogP contribution in [0, 0.1) is 23.0 Å². The molecule has 0 aromatic heterocycles. The summed E-state index contributed by atoms with van der Waals surface area (Å²) in [6, 6.07) is 2.89. The van der Waals surface area contributed by atoms with Crippen molar-refractivity contribution < 1.29 is 14.8 Å². The fourth-order valence-electron chi connectivity index (χ4n) is 2.48. The molecule has 1 aromatic carbocycles. The predicted octanol–water partition coefficient (Wildman–Crippen LogP) is 2.84. The van der Waals surface area contributed by atoms with Crippen LogP contribution in [0.5, 0.6) is 0 Å². The van der Waals surface area contributed by atoms with Gasteiger partial charge in [-0.25, -0.2) is 4.79 Å². The number of hydrogen-bond acceptors (Lipinski definition) is 4. The highest BCUT2D eigenvalue weighted by molar-refractivity contribution is 5.90. The summed E-state index contributed by atoms with van der Waals surface area (Å²) in [5.41, 5.74) is 0.938. The van der Waals surface area contributed by atoms with Crippen molar-refractivity contribution >= 4 is 17.3 Å². The van der Waals surface area contributed by atoms with E-state index in [1.807, 2.05) is 11.9 Å². The molecule has 0 saturated heterocycles. The SMILES string of the molecule is Cc1c(N(C)C(C)C2CC2)cc(C(=O)O)cc1[N+](=O)[O-]. The minimum Gasteiger partial charge on any atom is -0.478 e. The van der Waals surface area contributed by atoms with Crippen molar-refractivity contribution in [1.29, 1.82) is 0 Å². The summed E-state index contributed by atoms with van der Waals surface area (Å²) >= 11 is 0. The van der Waals surface area contributed by atoms with E-state index in [2.05, 4.69) is 6.92 Å². The lowest BCUT2D eigenvalue weighted by molar-refractivity contribution is -0.385. The minimum atomic E-state index is -1.15. The van der Waals surface area contributed by atoms with Crippen molar-refractivity contribution in [2.24, 2.45) is 5.92 Å².